The second-order valence-corrected chi connectivity index (χ2v) is 4.11. The number of thiophene rings is 1. The van der Waals surface area contributed by atoms with Crippen molar-refractivity contribution in [2.75, 3.05) is 6.54 Å². The zero-order valence-corrected chi connectivity index (χ0v) is 8.30. The van der Waals surface area contributed by atoms with Gasteiger partial charge in [0.25, 0.3) is 0 Å². The molecular weight excluding hydrogens is 186 g/mol. The lowest BCUT2D eigenvalue weighted by Gasteiger charge is -2.06. The van der Waals surface area contributed by atoms with Crippen LogP contribution < -0.4 is 5.73 Å². The summed E-state index contributed by atoms with van der Waals surface area (Å²) in [4.78, 5) is 11.6. The Morgan fingerprint density at radius 3 is 3.00 bits per heavy atom. The van der Waals surface area contributed by atoms with Gasteiger partial charge in [-0.2, -0.15) is 0 Å². The molecule has 13 heavy (non-hydrogen) atoms. The zero-order valence-electron chi connectivity index (χ0n) is 7.49. The van der Waals surface area contributed by atoms with Gasteiger partial charge in [-0.1, -0.05) is 6.92 Å². The minimum atomic E-state index is -0.847. The molecule has 0 radical (unpaired) electrons. The lowest BCUT2D eigenvalue weighted by molar-refractivity contribution is 0.0696. The predicted molar refractivity (Wildman–Crippen MR) is 53.2 cm³/mol. The summed E-state index contributed by atoms with van der Waals surface area (Å²) in [6, 6.07) is 1.64. The smallest absolute Gasteiger partial charge is 0.336 e. The van der Waals surface area contributed by atoms with Crippen LogP contribution in [0.1, 0.15) is 22.2 Å². The summed E-state index contributed by atoms with van der Waals surface area (Å²) in [5.41, 5.74) is 5.89. The fourth-order valence-electron chi connectivity index (χ4n) is 1.09. The highest BCUT2D eigenvalue weighted by atomic mass is 32.1. The second kappa shape index (κ2) is 4.39. The molecule has 0 aliphatic rings. The standard InChI is InChI=1S/C9H13NO2S/c1-6(5-10)4-8-7(9(11)12)2-3-13-8/h2-3,6H,4-5,10H2,1H3,(H,11,12)/t6-/m1/s1. The lowest BCUT2D eigenvalue weighted by atomic mass is 10.1. The largest absolute Gasteiger partial charge is 0.478 e. The van der Waals surface area contributed by atoms with E-state index in [2.05, 4.69) is 0 Å². The lowest BCUT2D eigenvalue weighted by Crippen LogP contribution is -2.13. The van der Waals surface area contributed by atoms with E-state index in [0.717, 1.165) is 11.3 Å². The molecule has 0 aliphatic heterocycles. The molecule has 0 fully saturated rings. The highest BCUT2D eigenvalue weighted by Gasteiger charge is 2.12. The maximum atomic E-state index is 10.7. The van der Waals surface area contributed by atoms with Crippen molar-refractivity contribution in [3.05, 3.63) is 21.9 Å². The minimum Gasteiger partial charge on any atom is -0.478 e. The van der Waals surface area contributed by atoms with Gasteiger partial charge in [0.15, 0.2) is 0 Å². The van der Waals surface area contributed by atoms with Crippen LogP contribution in [0.25, 0.3) is 0 Å². The van der Waals surface area contributed by atoms with Gasteiger partial charge in [-0.3, -0.25) is 0 Å². The van der Waals surface area contributed by atoms with Crippen LogP contribution in [-0.4, -0.2) is 17.6 Å². The van der Waals surface area contributed by atoms with Crippen molar-refractivity contribution in [1.82, 2.24) is 0 Å². The molecule has 1 rings (SSSR count). The Balaban J connectivity index is 2.76. The van der Waals surface area contributed by atoms with Gasteiger partial charge in [0, 0.05) is 4.88 Å². The van der Waals surface area contributed by atoms with Crippen LogP contribution in [0.3, 0.4) is 0 Å². The maximum absolute atomic E-state index is 10.7. The highest BCUT2D eigenvalue weighted by molar-refractivity contribution is 7.10. The van der Waals surface area contributed by atoms with E-state index in [-0.39, 0.29) is 0 Å². The number of rotatable bonds is 4. The minimum absolute atomic E-state index is 0.344. The van der Waals surface area contributed by atoms with Crippen molar-refractivity contribution in [2.45, 2.75) is 13.3 Å². The van der Waals surface area contributed by atoms with Crippen molar-refractivity contribution in [1.29, 1.82) is 0 Å². The van der Waals surface area contributed by atoms with Crippen LogP contribution in [0.15, 0.2) is 11.4 Å². The van der Waals surface area contributed by atoms with Gasteiger partial charge in [0.05, 0.1) is 5.56 Å². The molecule has 0 bridgehead atoms. The Labute approximate surface area is 81.2 Å². The van der Waals surface area contributed by atoms with Crippen LogP contribution in [0.4, 0.5) is 0 Å². The molecule has 0 saturated heterocycles. The molecule has 0 saturated carbocycles. The Morgan fingerprint density at radius 1 is 1.77 bits per heavy atom. The van der Waals surface area contributed by atoms with Gasteiger partial charge in [0.2, 0.25) is 0 Å². The average molecular weight is 199 g/mol. The van der Waals surface area contributed by atoms with Gasteiger partial charge >= 0.3 is 5.97 Å². The molecule has 1 heterocycles. The SMILES string of the molecule is C[C@@H](CN)Cc1sccc1C(=O)O. The van der Waals surface area contributed by atoms with E-state index in [4.69, 9.17) is 10.8 Å². The fourth-order valence-corrected chi connectivity index (χ4v) is 2.12. The number of carboxylic acids is 1. The molecule has 1 atom stereocenters. The third kappa shape index (κ3) is 2.54. The Morgan fingerprint density at radius 2 is 2.46 bits per heavy atom. The third-order valence-electron chi connectivity index (χ3n) is 1.91. The first-order valence-corrected chi connectivity index (χ1v) is 5.02. The highest BCUT2D eigenvalue weighted by Crippen LogP contribution is 2.20. The van der Waals surface area contributed by atoms with Crippen LogP contribution >= 0.6 is 11.3 Å². The topological polar surface area (TPSA) is 63.3 Å². The van der Waals surface area contributed by atoms with Crippen LogP contribution in [0.2, 0.25) is 0 Å². The number of hydrogen-bond acceptors (Lipinski definition) is 3. The Kier molecular flexibility index (Phi) is 3.45. The Bertz CT molecular complexity index is 296. The first-order chi connectivity index (χ1) is 6.15. The summed E-state index contributed by atoms with van der Waals surface area (Å²) in [5, 5.41) is 10.6. The molecule has 3 nitrogen and oxygen atoms in total. The summed E-state index contributed by atoms with van der Waals surface area (Å²) in [6.07, 6.45) is 0.760. The van der Waals surface area contributed by atoms with E-state index >= 15 is 0 Å². The van der Waals surface area contributed by atoms with E-state index in [1.807, 2.05) is 12.3 Å². The predicted octanol–water partition coefficient (Wildman–Crippen LogP) is 1.58. The first kappa shape index (κ1) is 10.2. The number of carboxylic acid groups (broad SMARTS) is 1. The molecule has 0 unspecified atom stereocenters. The van der Waals surface area contributed by atoms with Crippen molar-refractivity contribution < 1.29 is 9.90 Å². The van der Waals surface area contributed by atoms with Crippen LogP contribution in [0.5, 0.6) is 0 Å². The molecule has 3 N–H and O–H groups in total. The molecule has 4 heteroatoms. The number of hydrogen-bond donors (Lipinski definition) is 2. The number of nitrogens with two attached hydrogens (primary N) is 1. The quantitative estimate of drug-likeness (QED) is 0.774. The van der Waals surface area contributed by atoms with E-state index in [9.17, 15) is 4.79 Å². The first-order valence-electron chi connectivity index (χ1n) is 4.15. The van der Waals surface area contributed by atoms with E-state index in [0.29, 0.717) is 18.0 Å². The van der Waals surface area contributed by atoms with Crippen LogP contribution in [0, 0.1) is 5.92 Å². The van der Waals surface area contributed by atoms with Crippen molar-refractivity contribution in [3.8, 4) is 0 Å². The Hall–Kier alpha value is -0.870. The van der Waals surface area contributed by atoms with Crippen molar-refractivity contribution in [3.63, 3.8) is 0 Å². The fraction of sp³-hybridized carbons (Fsp3) is 0.444. The molecule has 0 aliphatic carbocycles. The number of carbonyl (C=O) groups is 1. The summed E-state index contributed by atoms with van der Waals surface area (Å²) >= 11 is 1.49. The van der Waals surface area contributed by atoms with E-state index < -0.39 is 5.97 Å². The second-order valence-electron chi connectivity index (χ2n) is 3.11. The maximum Gasteiger partial charge on any atom is 0.336 e. The van der Waals surface area contributed by atoms with E-state index in [1.165, 1.54) is 11.3 Å². The van der Waals surface area contributed by atoms with Gasteiger partial charge in [-0.15, -0.1) is 11.3 Å². The number of aromatic carboxylic acids is 1. The molecule has 1 aromatic heterocycles. The molecule has 0 amide bonds. The van der Waals surface area contributed by atoms with Gasteiger partial charge in [-0.05, 0) is 30.3 Å². The summed E-state index contributed by atoms with van der Waals surface area (Å²) in [6.45, 7) is 2.61. The summed E-state index contributed by atoms with van der Waals surface area (Å²) < 4.78 is 0. The van der Waals surface area contributed by atoms with Gasteiger partial charge in [0.1, 0.15) is 0 Å². The molecule has 1 aromatic rings. The van der Waals surface area contributed by atoms with Gasteiger partial charge < -0.3 is 10.8 Å². The summed E-state index contributed by atoms with van der Waals surface area (Å²) in [5.74, 6) is -0.503. The molecule has 0 spiro atoms. The van der Waals surface area contributed by atoms with Gasteiger partial charge in [-0.25, -0.2) is 4.79 Å². The third-order valence-corrected chi connectivity index (χ3v) is 2.86. The summed E-state index contributed by atoms with van der Waals surface area (Å²) in [7, 11) is 0. The zero-order chi connectivity index (χ0) is 9.84. The normalized spacial score (nSPS) is 12.8. The van der Waals surface area contributed by atoms with Crippen molar-refractivity contribution in [2.24, 2.45) is 11.7 Å². The van der Waals surface area contributed by atoms with E-state index in [1.54, 1.807) is 6.07 Å². The van der Waals surface area contributed by atoms with Crippen LogP contribution in [-0.2, 0) is 6.42 Å². The van der Waals surface area contributed by atoms with Crippen molar-refractivity contribution >= 4 is 17.3 Å². The monoisotopic (exact) mass is 199 g/mol. The molecular formula is C9H13NO2S. The average Bonchev–Trinajstić information content (AvgIpc) is 2.52. The molecule has 72 valence electrons. The molecule has 0 aromatic carbocycles.